The predicted molar refractivity (Wildman–Crippen MR) is 56.9 cm³/mol. The summed E-state index contributed by atoms with van der Waals surface area (Å²) in [5.74, 6) is 0. The summed E-state index contributed by atoms with van der Waals surface area (Å²) in [6, 6.07) is 0. The summed E-state index contributed by atoms with van der Waals surface area (Å²) in [4.78, 5) is 8.18. The minimum atomic E-state index is 0.334. The minimum absolute atomic E-state index is 0.334. The molecule has 0 unspecified atom stereocenters. The van der Waals surface area contributed by atoms with Gasteiger partial charge in [0.2, 0.25) is 5.28 Å². The number of allylic oxidation sites excluding steroid dienone is 1. The molecule has 2 nitrogen and oxygen atoms in total. The number of aryl methyl sites for hydroxylation is 1. The van der Waals surface area contributed by atoms with E-state index in [2.05, 4.69) is 32.0 Å². The number of halogens is 2. The smallest absolute Gasteiger partial charge is 0.222 e. The molecule has 0 saturated heterocycles. The zero-order valence-electron chi connectivity index (χ0n) is 6.93. The van der Waals surface area contributed by atoms with Crippen LogP contribution in [-0.4, -0.2) is 9.97 Å². The van der Waals surface area contributed by atoms with Crippen molar-refractivity contribution in [1.29, 1.82) is 0 Å². The Morgan fingerprint density at radius 3 is 3.15 bits per heavy atom. The molecule has 0 saturated carbocycles. The number of nitrogens with zero attached hydrogens (tertiary/aromatic N) is 2. The Balaban J connectivity index is 2.52. The maximum Gasteiger partial charge on any atom is 0.222 e. The van der Waals surface area contributed by atoms with Crippen LogP contribution in [0.15, 0.2) is 12.3 Å². The van der Waals surface area contributed by atoms with Crippen LogP contribution >= 0.6 is 27.5 Å². The second-order valence-electron chi connectivity index (χ2n) is 2.94. The Labute approximate surface area is 90.2 Å². The zero-order chi connectivity index (χ0) is 9.26. The van der Waals surface area contributed by atoms with Crippen molar-refractivity contribution >= 4 is 32.0 Å². The third-order valence-corrected chi connectivity index (χ3v) is 2.97. The van der Waals surface area contributed by atoms with Gasteiger partial charge in [0.1, 0.15) is 0 Å². The molecule has 1 aromatic heterocycles. The fourth-order valence-corrected chi connectivity index (χ4v) is 2.10. The molecule has 0 spiro atoms. The highest BCUT2D eigenvalue weighted by Gasteiger charge is 2.11. The number of rotatable bonds is 0. The molecule has 0 atom stereocenters. The van der Waals surface area contributed by atoms with Crippen LogP contribution < -0.4 is 0 Å². The van der Waals surface area contributed by atoms with Crippen molar-refractivity contribution < 1.29 is 0 Å². The Hall–Kier alpha value is -0.410. The second kappa shape index (κ2) is 3.76. The van der Waals surface area contributed by atoms with Crippen LogP contribution in [0.1, 0.15) is 24.1 Å². The van der Waals surface area contributed by atoms with Gasteiger partial charge in [-0.15, -0.1) is 0 Å². The molecular weight excluding hydrogens is 251 g/mol. The van der Waals surface area contributed by atoms with Gasteiger partial charge in [0.25, 0.3) is 0 Å². The van der Waals surface area contributed by atoms with Crippen molar-refractivity contribution in [2.45, 2.75) is 19.3 Å². The average molecular weight is 260 g/mol. The first kappa shape index (κ1) is 9.16. The van der Waals surface area contributed by atoms with E-state index in [4.69, 9.17) is 11.6 Å². The average Bonchev–Trinajstić information content (AvgIpc) is 2.28. The molecule has 1 heterocycles. The van der Waals surface area contributed by atoms with Gasteiger partial charge < -0.3 is 0 Å². The van der Waals surface area contributed by atoms with Crippen molar-refractivity contribution in [2.75, 3.05) is 0 Å². The maximum atomic E-state index is 5.72. The Morgan fingerprint density at radius 2 is 2.31 bits per heavy atom. The number of fused-ring (bicyclic) bond motifs is 1. The summed E-state index contributed by atoms with van der Waals surface area (Å²) >= 11 is 9.22. The second-order valence-corrected chi connectivity index (χ2v) is 4.14. The predicted octanol–water partition coefficient (Wildman–Crippen LogP) is 3.20. The van der Waals surface area contributed by atoms with Gasteiger partial charge in [-0.2, -0.15) is 0 Å². The topological polar surface area (TPSA) is 25.8 Å². The third-order valence-electron chi connectivity index (χ3n) is 2.04. The van der Waals surface area contributed by atoms with Crippen LogP contribution in [0.4, 0.5) is 0 Å². The molecule has 1 aromatic rings. The van der Waals surface area contributed by atoms with Crippen LogP contribution in [0, 0.1) is 0 Å². The van der Waals surface area contributed by atoms with Crippen LogP contribution in [0.5, 0.6) is 0 Å². The van der Waals surface area contributed by atoms with Crippen LogP contribution in [0.25, 0.3) is 4.48 Å². The minimum Gasteiger partial charge on any atom is -0.226 e. The Bertz CT molecular complexity index is 363. The lowest BCUT2D eigenvalue weighted by atomic mass is 10.2. The lowest BCUT2D eigenvalue weighted by Crippen LogP contribution is -1.96. The highest BCUT2D eigenvalue weighted by atomic mass is 79.9. The normalized spacial score (nSPS) is 16.0. The van der Waals surface area contributed by atoms with E-state index in [1.165, 1.54) is 0 Å². The molecule has 0 bridgehead atoms. The molecule has 1 aliphatic rings. The molecule has 4 heteroatoms. The first-order valence-corrected chi connectivity index (χ1v) is 5.32. The van der Waals surface area contributed by atoms with E-state index in [1.807, 2.05) is 0 Å². The molecule has 0 aromatic carbocycles. The summed E-state index contributed by atoms with van der Waals surface area (Å²) in [6.07, 6.45) is 7.10. The molecule has 68 valence electrons. The first-order chi connectivity index (χ1) is 6.27. The molecule has 0 amide bonds. The number of hydrogen-bond acceptors (Lipinski definition) is 2. The van der Waals surface area contributed by atoms with Crippen molar-refractivity contribution in [1.82, 2.24) is 9.97 Å². The molecule has 2 rings (SSSR count). The largest absolute Gasteiger partial charge is 0.226 e. The van der Waals surface area contributed by atoms with E-state index in [-0.39, 0.29) is 0 Å². The quantitative estimate of drug-likeness (QED) is 0.669. The molecular formula is C9H8BrClN2. The lowest BCUT2D eigenvalue weighted by Gasteiger charge is -2.03. The number of aromatic nitrogens is 2. The van der Waals surface area contributed by atoms with Gasteiger partial charge in [-0.25, -0.2) is 9.97 Å². The van der Waals surface area contributed by atoms with Crippen molar-refractivity contribution in [2.24, 2.45) is 0 Å². The van der Waals surface area contributed by atoms with Gasteiger partial charge >= 0.3 is 0 Å². The summed E-state index contributed by atoms with van der Waals surface area (Å²) in [6.45, 7) is 0. The van der Waals surface area contributed by atoms with Gasteiger partial charge in [-0.05, 0) is 30.9 Å². The van der Waals surface area contributed by atoms with Crippen molar-refractivity contribution in [3.05, 3.63) is 28.8 Å². The Morgan fingerprint density at radius 1 is 1.46 bits per heavy atom. The van der Waals surface area contributed by atoms with Crippen LogP contribution in [-0.2, 0) is 6.42 Å². The molecule has 0 N–H and O–H groups in total. The third kappa shape index (κ3) is 1.92. The van der Waals surface area contributed by atoms with Crippen LogP contribution in [0.2, 0.25) is 5.28 Å². The fourth-order valence-electron chi connectivity index (χ4n) is 1.39. The van der Waals surface area contributed by atoms with E-state index < -0.39 is 0 Å². The molecule has 0 radical (unpaired) electrons. The van der Waals surface area contributed by atoms with Crippen molar-refractivity contribution in [3.8, 4) is 0 Å². The molecule has 0 aliphatic heterocycles. The van der Waals surface area contributed by atoms with Gasteiger partial charge in [-0.1, -0.05) is 22.0 Å². The van der Waals surface area contributed by atoms with E-state index >= 15 is 0 Å². The summed E-state index contributed by atoms with van der Waals surface area (Å²) in [7, 11) is 0. The van der Waals surface area contributed by atoms with E-state index in [0.717, 1.165) is 35.0 Å². The van der Waals surface area contributed by atoms with Gasteiger partial charge in [0.05, 0.1) is 5.69 Å². The maximum absolute atomic E-state index is 5.72. The monoisotopic (exact) mass is 258 g/mol. The zero-order valence-corrected chi connectivity index (χ0v) is 9.27. The van der Waals surface area contributed by atoms with Crippen molar-refractivity contribution in [3.63, 3.8) is 0 Å². The van der Waals surface area contributed by atoms with E-state index in [9.17, 15) is 0 Å². The summed E-state index contributed by atoms with van der Waals surface area (Å²) in [5.41, 5.74) is 2.11. The summed E-state index contributed by atoms with van der Waals surface area (Å²) in [5, 5.41) is 0.334. The van der Waals surface area contributed by atoms with Gasteiger partial charge in [0.15, 0.2) is 0 Å². The first-order valence-electron chi connectivity index (χ1n) is 4.15. The van der Waals surface area contributed by atoms with E-state index in [1.54, 1.807) is 6.20 Å². The lowest BCUT2D eigenvalue weighted by molar-refractivity contribution is 0.821. The highest BCUT2D eigenvalue weighted by molar-refractivity contribution is 9.15. The van der Waals surface area contributed by atoms with Gasteiger partial charge in [0, 0.05) is 16.2 Å². The summed E-state index contributed by atoms with van der Waals surface area (Å²) < 4.78 is 1.08. The molecule has 0 fully saturated rings. The molecule has 13 heavy (non-hydrogen) atoms. The SMILES string of the molecule is Clc1ncc2c(n1)CCCC=C2Br. The van der Waals surface area contributed by atoms with E-state index in [0.29, 0.717) is 5.28 Å². The molecule has 1 aliphatic carbocycles. The highest BCUT2D eigenvalue weighted by Crippen LogP contribution is 2.28. The Kier molecular flexibility index (Phi) is 2.65. The van der Waals surface area contributed by atoms with Gasteiger partial charge in [-0.3, -0.25) is 0 Å². The number of hydrogen-bond donors (Lipinski definition) is 0. The fraction of sp³-hybridized carbons (Fsp3) is 0.333. The van der Waals surface area contributed by atoms with Crippen LogP contribution in [0.3, 0.4) is 0 Å². The standard InChI is InChI=1S/C9H8BrClN2/c10-7-3-1-2-4-8-6(7)5-12-9(11)13-8/h3,5H,1-2,4H2.